The van der Waals surface area contributed by atoms with Crippen molar-refractivity contribution in [3.8, 4) is 102 Å². The fourth-order valence-corrected chi connectivity index (χ4v) is 15.1. The molecule has 0 radical (unpaired) electrons. The zero-order valence-corrected chi connectivity index (χ0v) is 74.5. The van der Waals surface area contributed by atoms with E-state index >= 15 is 0 Å². The second kappa shape index (κ2) is 35.7. The topological polar surface area (TPSA) is 205 Å². The Kier molecular flexibility index (Phi) is 24.1. The van der Waals surface area contributed by atoms with E-state index in [-0.39, 0.29) is 5.97 Å². The van der Waals surface area contributed by atoms with E-state index in [1.54, 1.807) is 24.3 Å². The molecular formula is C104H94B3BrN8O11. The predicted octanol–water partition coefficient (Wildman–Crippen LogP) is 23.6. The van der Waals surface area contributed by atoms with Gasteiger partial charge in [-0.25, -0.2) is 4.79 Å². The Morgan fingerprint density at radius 3 is 0.638 bits per heavy atom. The largest absolute Gasteiger partial charge is 0.494 e. The Morgan fingerprint density at radius 2 is 0.433 bits per heavy atom. The molecule has 23 heteroatoms. The highest BCUT2D eigenvalue weighted by Gasteiger charge is 2.54. The maximum atomic E-state index is 10.9. The van der Waals surface area contributed by atoms with Gasteiger partial charge in [-0.15, -0.1) is 30.6 Å². The highest BCUT2D eigenvalue weighted by molar-refractivity contribution is 9.10. The third-order valence-electron chi connectivity index (χ3n) is 24.4. The molecule has 0 atom stereocenters. The highest BCUT2D eigenvalue weighted by Crippen LogP contribution is 2.44. The molecule has 3 aromatic heterocycles. The van der Waals surface area contributed by atoms with Crippen molar-refractivity contribution in [2.45, 2.75) is 117 Å². The smallest absolute Gasteiger partial charge is 0.465 e. The minimum atomic E-state index is -0.425. The van der Waals surface area contributed by atoms with Crippen molar-refractivity contribution >= 4 is 93.8 Å². The molecule has 0 bridgehead atoms. The molecule has 19 rings (SSSR count). The van der Waals surface area contributed by atoms with E-state index in [1.807, 2.05) is 127 Å². The molecular weight excluding hydrogens is 1650 g/mol. The van der Waals surface area contributed by atoms with Crippen LogP contribution in [0.1, 0.15) is 93.4 Å². The number of esters is 1. The third-order valence-corrected chi connectivity index (χ3v) is 24.9. The van der Waals surface area contributed by atoms with Gasteiger partial charge in [-0.3, -0.25) is 0 Å². The summed E-state index contributed by atoms with van der Waals surface area (Å²) in [6.07, 6.45) is 0. The first kappa shape index (κ1) is 85.9. The summed E-state index contributed by atoms with van der Waals surface area (Å²) in [4.78, 5) is 15.4. The average molecular weight is 1740 g/mol. The number of hydrogen-bond donors (Lipinski definition) is 0. The van der Waals surface area contributed by atoms with Crippen molar-refractivity contribution < 1.29 is 50.7 Å². The van der Waals surface area contributed by atoms with E-state index < -0.39 is 55.0 Å². The van der Waals surface area contributed by atoms with Crippen molar-refractivity contribution in [1.29, 1.82) is 0 Å². The molecule has 0 saturated carbocycles. The van der Waals surface area contributed by atoms with Gasteiger partial charge in [0, 0.05) is 72.0 Å². The van der Waals surface area contributed by atoms with Crippen LogP contribution >= 0.6 is 15.9 Å². The Balaban J connectivity index is 0.000000170. The quantitative estimate of drug-likeness (QED) is 0.0545. The second-order valence-corrected chi connectivity index (χ2v) is 35.3. The van der Waals surface area contributed by atoms with Gasteiger partial charge in [0.05, 0.1) is 46.3 Å². The Bertz CT molecular complexity index is 5820. The molecule has 0 aliphatic carbocycles. The van der Waals surface area contributed by atoms with Gasteiger partial charge in [-0.05, 0) is 303 Å². The van der Waals surface area contributed by atoms with E-state index in [9.17, 15) is 4.79 Å². The minimum Gasteiger partial charge on any atom is -0.465 e. The molecule has 3 saturated heterocycles. The van der Waals surface area contributed by atoms with Gasteiger partial charge in [-0.1, -0.05) is 180 Å². The second-order valence-electron chi connectivity index (χ2n) is 34.4. The summed E-state index contributed by atoms with van der Waals surface area (Å²) < 4.78 is 61.4. The van der Waals surface area contributed by atoms with Gasteiger partial charge in [0.25, 0.3) is 0 Å². The van der Waals surface area contributed by atoms with Crippen LogP contribution in [-0.2, 0) is 32.7 Å². The third kappa shape index (κ3) is 18.6. The number of rotatable bonds is 19. The Hall–Kier alpha value is -13.2. The maximum Gasteiger partial charge on any atom is 0.494 e. The van der Waals surface area contributed by atoms with E-state index in [0.29, 0.717) is 40.9 Å². The summed E-state index contributed by atoms with van der Waals surface area (Å²) in [6, 6.07) is 112. The van der Waals surface area contributed by atoms with Crippen LogP contribution in [0.15, 0.2) is 351 Å². The van der Waals surface area contributed by atoms with Crippen molar-refractivity contribution in [3.05, 3.63) is 344 Å². The number of halogens is 1. The number of nitrogens with zero attached hydrogens (tertiary/aromatic N) is 8. The molecule has 0 N–H and O–H groups in total. The first-order valence-corrected chi connectivity index (χ1v) is 43.0. The van der Waals surface area contributed by atoms with E-state index in [4.69, 9.17) is 41.2 Å². The average Bonchev–Trinajstić information content (AvgIpc) is 1.73. The van der Waals surface area contributed by atoms with Crippen molar-refractivity contribution in [3.63, 3.8) is 0 Å². The van der Waals surface area contributed by atoms with Crippen molar-refractivity contribution in [2.24, 2.45) is 0 Å². The predicted molar refractivity (Wildman–Crippen MR) is 507 cm³/mol. The van der Waals surface area contributed by atoms with Gasteiger partial charge in [0.1, 0.15) is 0 Å². The lowest BCUT2D eigenvalue weighted by molar-refractivity contribution is 0.00578. The molecule has 6 heterocycles. The number of anilines is 6. The lowest BCUT2D eigenvalue weighted by atomic mass is 9.78. The van der Waals surface area contributed by atoms with E-state index in [1.165, 1.54) is 7.11 Å². The fourth-order valence-electron chi connectivity index (χ4n) is 14.8. The maximum absolute atomic E-state index is 10.9. The molecule has 3 fully saturated rings. The monoisotopic (exact) mass is 1740 g/mol. The molecule has 0 unspecified atom stereocenters. The van der Waals surface area contributed by atoms with Crippen LogP contribution in [-0.4, -0.2) is 98.6 Å². The fraction of sp³-hybridized carbons (Fsp3) is 0.183. The van der Waals surface area contributed by atoms with E-state index in [0.717, 1.165) is 122 Å². The summed E-state index contributed by atoms with van der Waals surface area (Å²) in [7, 11) is 0.0902. The number of hydrogen-bond acceptors (Lipinski definition) is 19. The lowest BCUT2D eigenvalue weighted by Crippen LogP contribution is -2.41. The first-order valence-electron chi connectivity index (χ1n) is 42.2. The molecule has 16 aromatic rings. The number of ether oxygens (including phenoxy) is 1. The summed E-state index contributed by atoms with van der Waals surface area (Å²) in [5.41, 5.74) is 18.8. The number of benzene rings is 13. The van der Waals surface area contributed by atoms with Crippen LogP contribution in [0.4, 0.5) is 34.1 Å². The van der Waals surface area contributed by atoms with Crippen LogP contribution in [0.5, 0.6) is 0 Å². The molecule has 3 aliphatic heterocycles. The minimum absolute atomic E-state index is 0.308. The standard InChI is InChI=1S/C60H39N7O3.C36H48B3NO6.C8H7BrO2/c1-4-10-46(11-5-1)55-61-64-58(68-55)49-22-16-40(17-23-49)43-28-34-52(35-29-43)67(53-36-30-44(31-37-53)41-18-24-50(25-19-41)59-65-62-56(69-59)47-12-6-2-7-13-47)54-38-32-45(33-39-54)42-20-26-51(27-21-42)60-66-63-57(70-60)48-14-8-3-9-15-48;1-31(2)32(3,4)42-37(41-31)25-13-19-28(20-14-25)40(29-21-15-26(16-22-29)38-43-33(5,6)34(7,8)44-38)30-23-17-27(18-24-30)39-45-35(9,10)36(11,12)46-39;1-11-8(10)6-2-4-7(9)5-3-6/h1-39H;13-24H,1-12H3;2-5H,1H3. The molecule has 13 aromatic carbocycles. The molecule has 19 nitrogen and oxygen atoms in total. The summed E-state index contributed by atoms with van der Waals surface area (Å²) in [6.45, 7) is 24.9. The zero-order valence-electron chi connectivity index (χ0n) is 72.9. The van der Waals surface area contributed by atoms with Crippen LogP contribution < -0.4 is 26.2 Å². The highest BCUT2D eigenvalue weighted by atomic mass is 79.9. The van der Waals surface area contributed by atoms with Gasteiger partial charge in [0.2, 0.25) is 35.3 Å². The molecule has 0 spiro atoms. The van der Waals surface area contributed by atoms with Crippen LogP contribution in [0.25, 0.3) is 102 Å². The van der Waals surface area contributed by atoms with Crippen LogP contribution in [0, 0.1) is 0 Å². The van der Waals surface area contributed by atoms with Crippen molar-refractivity contribution in [2.75, 3.05) is 16.9 Å². The van der Waals surface area contributed by atoms with Crippen LogP contribution in [0.2, 0.25) is 0 Å². The number of aromatic nitrogens is 6. The lowest BCUT2D eigenvalue weighted by Gasteiger charge is -2.32. The zero-order chi connectivity index (χ0) is 88.4. The first-order chi connectivity index (χ1) is 61.1. The van der Waals surface area contributed by atoms with Gasteiger partial charge < -0.3 is 55.7 Å². The molecule has 632 valence electrons. The molecule has 127 heavy (non-hydrogen) atoms. The van der Waals surface area contributed by atoms with Crippen molar-refractivity contribution in [1.82, 2.24) is 30.6 Å². The van der Waals surface area contributed by atoms with Gasteiger partial charge in [-0.2, -0.15) is 0 Å². The molecule has 0 amide bonds. The summed E-state index contributed by atoms with van der Waals surface area (Å²) in [5.74, 6) is 2.60. The van der Waals surface area contributed by atoms with Crippen LogP contribution in [0.3, 0.4) is 0 Å². The number of methoxy groups -OCH3 is 1. The van der Waals surface area contributed by atoms with Gasteiger partial charge >= 0.3 is 27.3 Å². The summed E-state index contributed by atoms with van der Waals surface area (Å²) >= 11 is 3.26. The number of carbonyl (C=O) groups excluding carboxylic acids is 1. The SMILES string of the molecule is CC1(C)OB(c2ccc(N(c3ccc(B4OC(C)(C)C(C)(C)O4)cc3)c3ccc(B4OC(C)(C)C(C)(C)O4)cc3)cc2)OC1(C)C.COC(=O)c1ccc(Br)cc1.c1ccc(-c2nnc(-c3ccc(-c4ccc(N(c5ccc(-c6ccc(-c7nnc(-c8ccccc8)o7)cc6)cc5)c5ccc(-c6ccc(-c7nnc(-c8ccccc8)o7)cc6)cc5)cc4)cc3)o2)cc1. The normalized spacial score (nSPS) is 15.5. The Labute approximate surface area is 749 Å². The summed E-state index contributed by atoms with van der Waals surface area (Å²) in [5, 5.41) is 25.7. The Morgan fingerprint density at radius 1 is 0.252 bits per heavy atom. The van der Waals surface area contributed by atoms with Gasteiger partial charge in [0.15, 0.2) is 0 Å². The number of carbonyl (C=O) groups is 1. The van der Waals surface area contributed by atoms with E-state index in [2.05, 4.69) is 326 Å². The molecule has 3 aliphatic rings.